The minimum absolute atomic E-state index is 0.204. The van der Waals surface area contributed by atoms with Crippen molar-refractivity contribution in [2.45, 2.75) is 17.4 Å². The first-order valence-electron chi connectivity index (χ1n) is 3.26. The molecule has 2 unspecified atom stereocenters. The molecule has 6 heteroatoms. The van der Waals surface area contributed by atoms with Crippen LogP contribution in [-0.4, -0.2) is 34.2 Å². The first-order chi connectivity index (χ1) is 5.50. The predicted molar refractivity (Wildman–Crippen MR) is 49.8 cm³/mol. The molecule has 0 aliphatic carbocycles. The standard InChI is InChI=1S/C6H10O4S2/c1-2-10-6(9)4(12)3(11)5(7)8/h3-4,11-12H,2H2,1H3,(H,7,8). The highest BCUT2D eigenvalue weighted by atomic mass is 32.1. The lowest BCUT2D eigenvalue weighted by Gasteiger charge is -2.12. The third-order valence-corrected chi connectivity index (χ3v) is 2.34. The molecule has 0 aromatic heterocycles. The van der Waals surface area contributed by atoms with E-state index in [2.05, 4.69) is 30.0 Å². The first-order valence-corrected chi connectivity index (χ1v) is 4.29. The normalized spacial score (nSPS) is 14.9. The monoisotopic (exact) mass is 210 g/mol. The van der Waals surface area contributed by atoms with Gasteiger partial charge in [0.1, 0.15) is 10.5 Å². The van der Waals surface area contributed by atoms with E-state index in [4.69, 9.17) is 5.11 Å². The summed E-state index contributed by atoms with van der Waals surface area (Å²) < 4.78 is 4.55. The van der Waals surface area contributed by atoms with Gasteiger partial charge in [0.15, 0.2) is 0 Å². The summed E-state index contributed by atoms with van der Waals surface area (Å²) in [5.41, 5.74) is 0. The van der Waals surface area contributed by atoms with Crippen LogP contribution in [0.25, 0.3) is 0 Å². The second-order valence-corrected chi connectivity index (χ2v) is 3.09. The van der Waals surface area contributed by atoms with Gasteiger partial charge in [-0.2, -0.15) is 25.3 Å². The summed E-state index contributed by atoms with van der Waals surface area (Å²) in [5.74, 6) is -1.85. The molecule has 0 saturated heterocycles. The average molecular weight is 210 g/mol. The van der Waals surface area contributed by atoms with Gasteiger partial charge in [-0.1, -0.05) is 0 Å². The van der Waals surface area contributed by atoms with Crippen LogP contribution in [0.2, 0.25) is 0 Å². The molecule has 0 amide bonds. The first kappa shape index (κ1) is 11.6. The summed E-state index contributed by atoms with van der Waals surface area (Å²) in [4.78, 5) is 21.2. The Morgan fingerprint density at radius 2 is 1.92 bits per heavy atom. The van der Waals surface area contributed by atoms with E-state index in [0.717, 1.165) is 0 Å². The predicted octanol–water partition coefficient (Wildman–Crippen LogP) is 0.231. The number of carbonyl (C=O) groups excluding carboxylic acids is 1. The third-order valence-electron chi connectivity index (χ3n) is 1.08. The van der Waals surface area contributed by atoms with Crippen molar-refractivity contribution in [3.05, 3.63) is 0 Å². The molecule has 0 aromatic rings. The molecular formula is C6H10O4S2. The molecule has 0 aliphatic rings. The Balaban J connectivity index is 4.09. The average Bonchev–Trinajstić information content (AvgIpc) is 2.02. The van der Waals surface area contributed by atoms with Crippen LogP contribution in [0.3, 0.4) is 0 Å². The molecule has 0 aliphatic heterocycles. The minimum Gasteiger partial charge on any atom is -0.480 e. The Bertz CT molecular complexity index is 182. The maximum Gasteiger partial charge on any atom is 0.320 e. The van der Waals surface area contributed by atoms with E-state index in [1.807, 2.05) is 0 Å². The van der Waals surface area contributed by atoms with Crippen molar-refractivity contribution in [3.8, 4) is 0 Å². The number of esters is 1. The summed E-state index contributed by atoms with van der Waals surface area (Å²) in [6.45, 7) is 1.84. The van der Waals surface area contributed by atoms with Crippen molar-refractivity contribution in [1.82, 2.24) is 0 Å². The summed E-state index contributed by atoms with van der Waals surface area (Å²) in [5, 5.41) is 6.28. The number of rotatable bonds is 4. The van der Waals surface area contributed by atoms with E-state index < -0.39 is 22.4 Å². The number of carbonyl (C=O) groups is 2. The van der Waals surface area contributed by atoms with Gasteiger partial charge in [0.05, 0.1) is 6.61 Å². The van der Waals surface area contributed by atoms with Gasteiger partial charge >= 0.3 is 11.9 Å². The van der Waals surface area contributed by atoms with Crippen LogP contribution < -0.4 is 0 Å². The molecule has 12 heavy (non-hydrogen) atoms. The zero-order valence-electron chi connectivity index (χ0n) is 6.43. The molecule has 2 atom stereocenters. The molecule has 0 spiro atoms. The highest BCUT2D eigenvalue weighted by Crippen LogP contribution is 2.10. The van der Waals surface area contributed by atoms with Crippen LogP contribution >= 0.6 is 25.3 Å². The summed E-state index contributed by atoms with van der Waals surface area (Å²) >= 11 is 7.44. The molecule has 1 N–H and O–H groups in total. The van der Waals surface area contributed by atoms with Gasteiger partial charge in [-0.05, 0) is 6.92 Å². The molecule has 0 rings (SSSR count). The number of hydrogen-bond donors (Lipinski definition) is 3. The second kappa shape index (κ2) is 5.31. The van der Waals surface area contributed by atoms with E-state index in [-0.39, 0.29) is 6.61 Å². The molecule has 70 valence electrons. The van der Waals surface area contributed by atoms with Gasteiger partial charge in [-0.15, -0.1) is 0 Å². The highest BCUT2D eigenvalue weighted by molar-refractivity contribution is 7.86. The lowest BCUT2D eigenvalue weighted by atomic mass is 10.3. The van der Waals surface area contributed by atoms with Crippen LogP contribution in [0.5, 0.6) is 0 Å². The Labute approximate surface area is 81.1 Å². The molecule has 0 aromatic carbocycles. The van der Waals surface area contributed by atoms with Crippen molar-refractivity contribution in [1.29, 1.82) is 0 Å². The van der Waals surface area contributed by atoms with Crippen LogP contribution in [0, 0.1) is 0 Å². The molecule has 0 saturated carbocycles. The fourth-order valence-corrected chi connectivity index (χ4v) is 0.815. The Morgan fingerprint density at radius 3 is 2.25 bits per heavy atom. The Morgan fingerprint density at radius 1 is 1.42 bits per heavy atom. The molecule has 0 fully saturated rings. The number of aliphatic carboxylic acids is 1. The van der Waals surface area contributed by atoms with Crippen LogP contribution in [0.4, 0.5) is 0 Å². The van der Waals surface area contributed by atoms with Crippen molar-refractivity contribution in [2.75, 3.05) is 6.61 Å². The maximum atomic E-state index is 10.9. The summed E-state index contributed by atoms with van der Waals surface area (Å²) in [7, 11) is 0. The largest absolute Gasteiger partial charge is 0.480 e. The number of ether oxygens (including phenoxy) is 1. The third kappa shape index (κ3) is 3.36. The molecule has 4 nitrogen and oxygen atoms in total. The van der Waals surface area contributed by atoms with Gasteiger partial charge < -0.3 is 9.84 Å². The minimum atomic E-state index is -1.19. The maximum absolute atomic E-state index is 10.9. The van der Waals surface area contributed by atoms with Crippen molar-refractivity contribution >= 4 is 37.2 Å². The fourth-order valence-electron chi connectivity index (χ4n) is 0.492. The molecule has 0 heterocycles. The smallest absolute Gasteiger partial charge is 0.320 e. The summed E-state index contributed by atoms with van der Waals surface area (Å²) in [6, 6.07) is 0. The zero-order valence-corrected chi connectivity index (χ0v) is 8.22. The topological polar surface area (TPSA) is 63.6 Å². The molecule has 0 bridgehead atoms. The van der Waals surface area contributed by atoms with Crippen molar-refractivity contribution in [3.63, 3.8) is 0 Å². The van der Waals surface area contributed by atoms with Crippen LogP contribution in [0.15, 0.2) is 0 Å². The van der Waals surface area contributed by atoms with E-state index in [0.29, 0.717) is 0 Å². The quantitative estimate of drug-likeness (QED) is 0.459. The molecule has 0 radical (unpaired) electrons. The fraction of sp³-hybridized carbons (Fsp3) is 0.667. The number of thiol groups is 2. The lowest BCUT2D eigenvalue weighted by Crippen LogP contribution is -2.33. The van der Waals surface area contributed by atoms with E-state index >= 15 is 0 Å². The van der Waals surface area contributed by atoms with E-state index in [1.165, 1.54) is 0 Å². The second-order valence-electron chi connectivity index (χ2n) is 1.98. The molecular weight excluding hydrogens is 200 g/mol. The van der Waals surface area contributed by atoms with Crippen molar-refractivity contribution in [2.24, 2.45) is 0 Å². The van der Waals surface area contributed by atoms with Gasteiger partial charge in [0, 0.05) is 0 Å². The zero-order chi connectivity index (χ0) is 9.72. The van der Waals surface area contributed by atoms with Gasteiger partial charge in [0.25, 0.3) is 0 Å². The van der Waals surface area contributed by atoms with Gasteiger partial charge in [-0.3, -0.25) is 9.59 Å². The van der Waals surface area contributed by atoms with Gasteiger partial charge in [-0.25, -0.2) is 0 Å². The summed E-state index contributed by atoms with van der Waals surface area (Å²) in [6.07, 6.45) is 0. The Hall–Kier alpha value is -0.360. The highest BCUT2D eigenvalue weighted by Gasteiger charge is 2.28. The van der Waals surface area contributed by atoms with E-state index in [9.17, 15) is 9.59 Å². The van der Waals surface area contributed by atoms with Gasteiger partial charge in [0.2, 0.25) is 0 Å². The van der Waals surface area contributed by atoms with Crippen molar-refractivity contribution < 1.29 is 19.4 Å². The number of hydrogen-bond acceptors (Lipinski definition) is 5. The lowest BCUT2D eigenvalue weighted by molar-refractivity contribution is -0.146. The van der Waals surface area contributed by atoms with Crippen LogP contribution in [0.1, 0.15) is 6.92 Å². The van der Waals surface area contributed by atoms with E-state index in [1.54, 1.807) is 6.92 Å². The SMILES string of the molecule is CCOC(=O)C(S)C(S)C(=O)O. The number of carboxylic acid groups (broad SMARTS) is 1. The Kier molecular flexibility index (Phi) is 5.16. The number of carboxylic acids is 1. The van der Waals surface area contributed by atoms with Crippen LogP contribution in [-0.2, 0) is 14.3 Å².